The lowest BCUT2D eigenvalue weighted by Gasteiger charge is -2.32. The van der Waals surface area contributed by atoms with Gasteiger partial charge in [0.05, 0.1) is 17.0 Å². The third-order valence-electron chi connectivity index (χ3n) is 6.28. The number of rotatable bonds is 4. The summed E-state index contributed by atoms with van der Waals surface area (Å²) >= 11 is 0. The van der Waals surface area contributed by atoms with E-state index in [0.29, 0.717) is 37.1 Å². The van der Waals surface area contributed by atoms with Gasteiger partial charge in [0, 0.05) is 35.6 Å². The second-order valence-electron chi connectivity index (χ2n) is 9.91. The number of fused-ring (bicyclic) bond motifs is 3. The summed E-state index contributed by atoms with van der Waals surface area (Å²) in [7, 11) is 0. The summed E-state index contributed by atoms with van der Waals surface area (Å²) in [5.74, 6) is -0.238. The standard InChI is InChI=1S/C26H28N6O3/c1-26(2,3)25(34)35-31-13-11-18(12-14-31)32-22-19(21(30-32)23(27)33)10-9-17-15-28-24(29-20(17)22)16-7-5-4-6-8-16/h4-10,15,18H,11-14H2,1-3H3,(H2,27,33). The van der Waals surface area contributed by atoms with Gasteiger partial charge < -0.3 is 10.6 Å². The second-order valence-corrected chi connectivity index (χ2v) is 9.91. The van der Waals surface area contributed by atoms with E-state index in [4.69, 9.17) is 15.6 Å². The van der Waals surface area contributed by atoms with Crippen LogP contribution in [0.5, 0.6) is 0 Å². The Kier molecular flexibility index (Phi) is 5.72. The molecule has 1 fully saturated rings. The third kappa shape index (κ3) is 4.35. The molecule has 2 aromatic heterocycles. The molecule has 1 aliphatic rings. The SMILES string of the molecule is CC(C)(C)C(=O)ON1CCC(n2nc(C(N)=O)c3ccc4cnc(-c5ccccc5)nc4c32)CC1. The maximum atomic E-state index is 12.3. The first kappa shape index (κ1) is 22.9. The summed E-state index contributed by atoms with van der Waals surface area (Å²) < 4.78 is 1.88. The van der Waals surface area contributed by atoms with Crippen molar-refractivity contribution in [2.24, 2.45) is 11.1 Å². The Hall–Kier alpha value is -3.85. The molecule has 0 saturated carbocycles. The predicted octanol–water partition coefficient (Wildman–Crippen LogP) is 3.89. The molecule has 1 saturated heterocycles. The molecule has 0 radical (unpaired) electrons. The number of carbonyl (C=O) groups excluding carboxylic acids is 2. The summed E-state index contributed by atoms with van der Waals surface area (Å²) in [6.07, 6.45) is 3.18. The number of benzene rings is 2. The fourth-order valence-electron chi connectivity index (χ4n) is 4.32. The minimum atomic E-state index is -0.581. The number of carbonyl (C=O) groups is 2. The molecule has 0 unspecified atom stereocenters. The number of primary amides is 1. The number of hydrogen-bond donors (Lipinski definition) is 1. The summed E-state index contributed by atoms with van der Waals surface area (Å²) in [6, 6.07) is 13.5. The van der Waals surface area contributed by atoms with Gasteiger partial charge in [-0.25, -0.2) is 14.8 Å². The maximum absolute atomic E-state index is 12.3. The fraction of sp³-hybridized carbons (Fsp3) is 0.346. The third-order valence-corrected chi connectivity index (χ3v) is 6.28. The van der Waals surface area contributed by atoms with Crippen molar-refractivity contribution in [1.82, 2.24) is 24.8 Å². The zero-order valence-electron chi connectivity index (χ0n) is 20.1. The number of hydroxylamine groups is 2. The van der Waals surface area contributed by atoms with Gasteiger partial charge in [-0.2, -0.15) is 5.10 Å². The van der Waals surface area contributed by atoms with Crippen molar-refractivity contribution in [3.63, 3.8) is 0 Å². The van der Waals surface area contributed by atoms with Crippen LogP contribution in [0.1, 0.15) is 50.1 Å². The molecule has 2 aromatic carbocycles. The quantitative estimate of drug-likeness (QED) is 0.479. The number of aromatic nitrogens is 4. The van der Waals surface area contributed by atoms with Crippen LogP contribution >= 0.6 is 0 Å². The van der Waals surface area contributed by atoms with E-state index < -0.39 is 11.3 Å². The highest BCUT2D eigenvalue weighted by molar-refractivity contribution is 6.11. The van der Waals surface area contributed by atoms with E-state index in [1.807, 2.05) is 67.9 Å². The van der Waals surface area contributed by atoms with Gasteiger partial charge in [0.2, 0.25) is 0 Å². The van der Waals surface area contributed by atoms with Crippen molar-refractivity contribution in [3.05, 3.63) is 54.4 Å². The first-order valence-electron chi connectivity index (χ1n) is 11.7. The van der Waals surface area contributed by atoms with Crippen LogP contribution in [0.4, 0.5) is 0 Å². The highest BCUT2D eigenvalue weighted by Gasteiger charge is 2.30. The van der Waals surface area contributed by atoms with Crippen LogP contribution < -0.4 is 5.73 Å². The molecule has 9 nitrogen and oxygen atoms in total. The van der Waals surface area contributed by atoms with Crippen LogP contribution in [0.2, 0.25) is 0 Å². The van der Waals surface area contributed by atoms with Gasteiger partial charge in [0.15, 0.2) is 11.5 Å². The summed E-state index contributed by atoms with van der Waals surface area (Å²) in [4.78, 5) is 39.5. The van der Waals surface area contributed by atoms with Gasteiger partial charge in [-0.05, 0) is 39.7 Å². The monoisotopic (exact) mass is 472 g/mol. The molecule has 5 rings (SSSR count). The van der Waals surface area contributed by atoms with Crippen molar-refractivity contribution < 1.29 is 14.4 Å². The molecule has 2 N–H and O–H groups in total. The van der Waals surface area contributed by atoms with Crippen molar-refractivity contribution in [2.45, 2.75) is 39.7 Å². The van der Waals surface area contributed by atoms with Crippen LogP contribution in [0.25, 0.3) is 33.2 Å². The van der Waals surface area contributed by atoms with E-state index in [0.717, 1.165) is 22.0 Å². The molecule has 4 aromatic rings. The van der Waals surface area contributed by atoms with E-state index in [2.05, 4.69) is 10.1 Å². The Labute approximate surface area is 202 Å². The molecule has 3 heterocycles. The minimum absolute atomic E-state index is 0.00377. The topological polar surface area (TPSA) is 116 Å². The minimum Gasteiger partial charge on any atom is -0.367 e. The number of piperidine rings is 1. The molecule has 0 bridgehead atoms. The molecule has 0 aliphatic carbocycles. The van der Waals surface area contributed by atoms with Crippen LogP contribution in [0.15, 0.2) is 48.7 Å². The molecule has 0 spiro atoms. The zero-order chi connectivity index (χ0) is 24.7. The van der Waals surface area contributed by atoms with Gasteiger partial charge in [-0.3, -0.25) is 9.48 Å². The van der Waals surface area contributed by atoms with Crippen molar-refractivity contribution in [3.8, 4) is 11.4 Å². The number of nitrogens with zero attached hydrogens (tertiary/aromatic N) is 5. The Morgan fingerprint density at radius 1 is 1.06 bits per heavy atom. The average Bonchev–Trinajstić information content (AvgIpc) is 3.25. The smallest absolute Gasteiger partial charge is 0.330 e. The highest BCUT2D eigenvalue weighted by atomic mass is 16.7. The number of nitrogens with two attached hydrogens (primary N) is 1. The summed E-state index contributed by atoms with van der Waals surface area (Å²) in [6.45, 7) is 6.63. The Morgan fingerprint density at radius 2 is 1.77 bits per heavy atom. The van der Waals surface area contributed by atoms with E-state index in [1.54, 1.807) is 11.3 Å². The molecule has 35 heavy (non-hydrogen) atoms. The van der Waals surface area contributed by atoms with Crippen molar-refractivity contribution in [1.29, 1.82) is 0 Å². The maximum Gasteiger partial charge on any atom is 0.330 e. The van der Waals surface area contributed by atoms with Crippen LogP contribution in [0.3, 0.4) is 0 Å². The largest absolute Gasteiger partial charge is 0.367 e. The molecule has 0 atom stereocenters. The Bertz CT molecular complexity index is 1420. The predicted molar refractivity (Wildman–Crippen MR) is 132 cm³/mol. The van der Waals surface area contributed by atoms with Gasteiger partial charge in [-0.1, -0.05) is 36.4 Å². The average molecular weight is 473 g/mol. The van der Waals surface area contributed by atoms with Gasteiger partial charge in [0.1, 0.15) is 5.52 Å². The molecular weight excluding hydrogens is 444 g/mol. The first-order valence-corrected chi connectivity index (χ1v) is 11.7. The van der Waals surface area contributed by atoms with E-state index in [-0.39, 0.29) is 17.7 Å². The van der Waals surface area contributed by atoms with Crippen LogP contribution in [-0.2, 0) is 9.63 Å². The van der Waals surface area contributed by atoms with Gasteiger partial charge in [0.25, 0.3) is 5.91 Å². The lowest BCUT2D eigenvalue weighted by Crippen LogP contribution is -2.39. The van der Waals surface area contributed by atoms with Crippen LogP contribution in [0, 0.1) is 5.41 Å². The number of hydrogen-bond acceptors (Lipinski definition) is 7. The zero-order valence-corrected chi connectivity index (χ0v) is 20.1. The lowest BCUT2D eigenvalue weighted by atomic mass is 9.98. The van der Waals surface area contributed by atoms with E-state index in [9.17, 15) is 9.59 Å². The normalized spacial score (nSPS) is 15.5. The highest BCUT2D eigenvalue weighted by Crippen LogP contribution is 2.33. The number of amides is 1. The van der Waals surface area contributed by atoms with E-state index in [1.165, 1.54) is 0 Å². The van der Waals surface area contributed by atoms with Crippen molar-refractivity contribution >= 4 is 33.7 Å². The Balaban J connectivity index is 1.54. The molecule has 1 aliphatic heterocycles. The molecule has 9 heteroatoms. The molecular formula is C26H28N6O3. The van der Waals surface area contributed by atoms with Crippen molar-refractivity contribution in [2.75, 3.05) is 13.1 Å². The molecule has 180 valence electrons. The second kappa shape index (κ2) is 8.74. The molecule has 1 amide bonds. The lowest BCUT2D eigenvalue weighted by molar-refractivity contribution is -0.205. The summed E-state index contributed by atoms with van der Waals surface area (Å²) in [5, 5.41) is 7.88. The van der Waals surface area contributed by atoms with E-state index >= 15 is 0 Å². The van der Waals surface area contributed by atoms with Gasteiger partial charge >= 0.3 is 5.97 Å². The fourth-order valence-corrected chi connectivity index (χ4v) is 4.32. The Morgan fingerprint density at radius 3 is 2.43 bits per heavy atom. The van der Waals surface area contributed by atoms with Gasteiger partial charge in [-0.15, -0.1) is 5.06 Å². The summed E-state index contributed by atoms with van der Waals surface area (Å²) in [5.41, 5.74) is 7.74. The first-order chi connectivity index (χ1) is 16.7. The van der Waals surface area contributed by atoms with Crippen LogP contribution in [-0.4, -0.2) is 49.8 Å².